The molecule has 6 nitrogen and oxygen atoms in total. The quantitative estimate of drug-likeness (QED) is 0.515. The number of phenolic OH excluding ortho intramolecular Hbond substituents is 1. The minimum Gasteiger partial charge on any atom is -0.508 e. The van der Waals surface area contributed by atoms with Crippen LogP contribution in [-0.4, -0.2) is 21.0 Å². The average molecular weight is 410 g/mol. The topological polar surface area (TPSA) is 88.2 Å². The molecule has 4 aromatic rings. The van der Waals surface area contributed by atoms with E-state index in [1.165, 1.54) is 12.4 Å². The summed E-state index contributed by atoms with van der Waals surface area (Å²) < 4.78 is 6.40. The molecule has 0 bridgehead atoms. The molecule has 26 heavy (non-hydrogen) atoms. The Balaban J connectivity index is 1.54. The van der Waals surface area contributed by atoms with Gasteiger partial charge >= 0.3 is 0 Å². The van der Waals surface area contributed by atoms with E-state index in [9.17, 15) is 9.90 Å². The first-order chi connectivity index (χ1) is 12.6. The van der Waals surface area contributed by atoms with E-state index in [-0.39, 0.29) is 17.4 Å². The standard InChI is InChI=1S/C19H12BrN3O3/c20-15-6-2-3-11-8-16(26-17(11)15)19(25)23-13-9-21-18(22-10-13)12-4-1-5-14(24)7-12/h1-10,24H,(H,23,25). The molecule has 0 aliphatic rings. The number of aromatic nitrogens is 2. The lowest BCUT2D eigenvalue weighted by Crippen LogP contribution is -2.11. The van der Waals surface area contributed by atoms with E-state index < -0.39 is 0 Å². The summed E-state index contributed by atoms with van der Waals surface area (Å²) in [6, 6.07) is 13.9. The average Bonchev–Trinajstić information content (AvgIpc) is 3.08. The summed E-state index contributed by atoms with van der Waals surface area (Å²) >= 11 is 3.40. The van der Waals surface area contributed by atoms with Gasteiger partial charge in [-0.05, 0) is 40.2 Å². The van der Waals surface area contributed by atoms with Crippen LogP contribution < -0.4 is 5.32 Å². The minimum absolute atomic E-state index is 0.138. The Kier molecular flexibility index (Phi) is 4.14. The van der Waals surface area contributed by atoms with E-state index in [4.69, 9.17) is 4.42 Å². The second-order valence-electron chi connectivity index (χ2n) is 5.57. The maximum atomic E-state index is 12.4. The van der Waals surface area contributed by atoms with Gasteiger partial charge in [0.1, 0.15) is 11.3 Å². The van der Waals surface area contributed by atoms with Crippen LogP contribution in [0.1, 0.15) is 10.6 Å². The summed E-state index contributed by atoms with van der Waals surface area (Å²) in [5.74, 6) is 0.400. The van der Waals surface area contributed by atoms with Gasteiger partial charge in [-0.3, -0.25) is 4.79 Å². The number of nitrogens with zero attached hydrogens (tertiary/aromatic N) is 2. The maximum absolute atomic E-state index is 12.4. The molecule has 1 amide bonds. The summed E-state index contributed by atoms with van der Waals surface area (Å²) in [6.07, 6.45) is 3.01. The normalized spacial score (nSPS) is 10.8. The number of halogens is 1. The van der Waals surface area contributed by atoms with Gasteiger partial charge in [-0.1, -0.05) is 24.3 Å². The van der Waals surface area contributed by atoms with E-state index in [1.807, 2.05) is 18.2 Å². The molecule has 0 spiro atoms. The fraction of sp³-hybridized carbons (Fsp3) is 0. The summed E-state index contributed by atoms with van der Waals surface area (Å²) in [7, 11) is 0. The van der Waals surface area contributed by atoms with Gasteiger partial charge in [-0.2, -0.15) is 0 Å². The van der Waals surface area contributed by atoms with Gasteiger partial charge in [0.2, 0.25) is 0 Å². The van der Waals surface area contributed by atoms with Crippen molar-refractivity contribution in [3.05, 3.63) is 71.2 Å². The number of amides is 1. The van der Waals surface area contributed by atoms with Crippen LogP contribution in [0.15, 0.2) is 69.8 Å². The number of rotatable bonds is 3. The highest BCUT2D eigenvalue weighted by Gasteiger charge is 2.14. The number of fused-ring (bicyclic) bond motifs is 1. The summed E-state index contributed by atoms with van der Waals surface area (Å²) in [4.78, 5) is 20.8. The van der Waals surface area contributed by atoms with E-state index in [0.717, 1.165) is 9.86 Å². The van der Waals surface area contributed by atoms with Crippen molar-refractivity contribution in [1.82, 2.24) is 9.97 Å². The molecule has 2 aromatic carbocycles. The van der Waals surface area contributed by atoms with Crippen molar-refractivity contribution < 1.29 is 14.3 Å². The molecule has 2 heterocycles. The minimum atomic E-state index is -0.387. The molecule has 2 aromatic heterocycles. The molecular weight excluding hydrogens is 398 g/mol. The van der Waals surface area contributed by atoms with Gasteiger partial charge in [0.25, 0.3) is 5.91 Å². The molecule has 128 valence electrons. The molecule has 4 rings (SSSR count). The Morgan fingerprint density at radius 3 is 2.58 bits per heavy atom. The van der Waals surface area contributed by atoms with Crippen molar-refractivity contribution in [2.75, 3.05) is 5.32 Å². The number of phenols is 1. The molecule has 0 aliphatic carbocycles. The van der Waals surface area contributed by atoms with Crippen molar-refractivity contribution in [2.24, 2.45) is 0 Å². The van der Waals surface area contributed by atoms with Crippen LogP contribution in [0.5, 0.6) is 5.75 Å². The Morgan fingerprint density at radius 2 is 1.85 bits per heavy atom. The zero-order valence-electron chi connectivity index (χ0n) is 13.3. The molecule has 0 radical (unpaired) electrons. The van der Waals surface area contributed by atoms with E-state index in [0.29, 0.717) is 22.7 Å². The Hall–Kier alpha value is -3.19. The highest BCUT2D eigenvalue weighted by atomic mass is 79.9. The molecule has 0 fully saturated rings. The van der Waals surface area contributed by atoms with E-state index in [1.54, 1.807) is 30.3 Å². The van der Waals surface area contributed by atoms with Gasteiger partial charge < -0.3 is 14.8 Å². The summed E-state index contributed by atoms with van der Waals surface area (Å²) in [5.41, 5.74) is 1.75. The number of benzene rings is 2. The molecule has 7 heteroatoms. The number of carbonyl (C=O) groups excluding carboxylic acids is 1. The maximum Gasteiger partial charge on any atom is 0.291 e. The number of furan rings is 1. The first kappa shape index (κ1) is 16.3. The third-order valence-electron chi connectivity index (χ3n) is 3.73. The lowest BCUT2D eigenvalue weighted by atomic mass is 10.2. The number of carbonyl (C=O) groups is 1. The predicted molar refractivity (Wildman–Crippen MR) is 101 cm³/mol. The number of anilines is 1. The zero-order chi connectivity index (χ0) is 18.1. The van der Waals surface area contributed by atoms with E-state index in [2.05, 4.69) is 31.2 Å². The van der Waals surface area contributed by atoms with Gasteiger partial charge in [0.05, 0.1) is 22.6 Å². The Bertz CT molecular complexity index is 1110. The second kappa shape index (κ2) is 6.61. The molecule has 0 aliphatic heterocycles. The van der Waals surface area contributed by atoms with Crippen molar-refractivity contribution in [3.8, 4) is 17.1 Å². The number of aromatic hydroxyl groups is 1. The van der Waals surface area contributed by atoms with Crippen LogP contribution in [0.25, 0.3) is 22.4 Å². The third kappa shape index (κ3) is 3.16. The SMILES string of the molecule is O=C(Nc1cnc(-c2cccc(O)c2)nc1)c1cc2cccc(Br)c2o1. The predicted octanol–water partition coefficient (Wildman–Crippen LogP) is 4.61. The van der Waals surface area contributed by atoms with Crippen molar-refractivity contribution >= 4 is 38.5 Å². The molecule has 0 unspecified atom stereocenters. The number of para-hydroxylation sites is 1. The van der Waals surface area contributed by atoms with Crippen molar-refractivity contribution in [3.63, 3.8) is 0 Å². The Labute approximate surface area is 156 Å². The van der Waals surface area contributed by atoms with Crippen LogP contribution in [0, 0.1) is 0 Å². The summed E-state index contributed by atoms with van der Waals surface area (Å²) in [6.45, 7) is 0. The van der Waals surface area contributed by atoms with Crippen LogP contribution in [0.4, 0.5) is 5.69 Å². The van der Waals surface area contributed by atoms with Gasteiger partial charge in [0.15, 0.2) is 11.6 Å². The van der Waals surface area contributed by atoms with Crippen LogP contribution in [-0.2, 0) is 0 Å². The zero-order valence-corrected chi connectivity index (χ0v) is 14.9. The molecule has 0 saturated carbocycles. The number of hydrogen-bond acceptors (Lipinski definition) is 5. The number of hydrogen-bond donors (Lipinski definition) is 2. The lowest BCUT2D eigenvalue weighted by molar-refractivity contribution is 0.0998. The fourth-order valence-corrected chi connectivity index (χ4v) is 2.98. The first-order valence-electron chi connectivity index (χ1n) is 7.71. The molecule has 0 atom stereocenters. The van der Waals surface area contributed by atoms with Crippen molar-refractivity contribution in [1.29, 1.82) is 0 Å². The Morgan fingerprint density at radius 1 is 1.08 bits per heavy atom. The summed E-state index contributed by atoms with van der Waals surface area (Å²) in [5, 5.41) is 13.1. The largest absolute Gasteiger partial charge is 0.508 e. The molecular formula is C19H12BrN3O3. The number of nitrogens with one attached hydrogen (secondary N) is 1. The first-order valence-corrected chi connectivity index (χ1v) is 8.50. The van der Waals surface area contributed by atoms with E-state index >= 15 is 0 Å². The van der Waals surface area contributed by atoms with Gasteiger partial charge in [-0.25, -0.2) is 9.97 Å². The smallest absolute Gasteiger partial charge is 0.291 e. The van der Waals surface area contributed by atoms with Crippen LogP contribution >= 0.6 is 15.9 Å². The highest BCUT2D eigenvalue weighted by Crippen LogP contribution is 2.27. The van der Waals surface area contributed by atoms with Crippen molar-refractivity contribution in [2.45, 2.75) is 0 Å². The molecule has 2 N–H and O–H groups in total. The third-order valence-corrected chi connectivity index (χ3v) is 4.36. The molecule has 0 saturated heterocycles. The van der Waals surface area contributed by atoms with Gasteiger partial charge in [0, 0.05) is 10.9 Å². The monoisotopic (exact) mass is 409 g/mol. The lowest BCUT2D eigenvalue weighted by Gasteiger charge is -2.04. The van der Waals surface area contributed by atoms with Gasteiger partial charge in [-0.15, -0.1) is 0 Å². The highest BCUT2D eigenvalue weighted by molar-refractivity contribution is 9.10. The van der Waals surface area contributed by atoms with Crippen LogP contribution in [0.2, 0.25) is 0 Å². The van der Waals surface area contributed by atoms with Crippen LogP contribution in [0.3, 0.4) is 0 Å². The fourth-order valence-electron chi connectivity index (χ4n) is 2.52. The second-order valence-corrected chi connectivity index (χ2v) is 6.42.